The summed E-state index contributed by atoms with van der Waals surface area (Å²) in [5.41, 5.74) is 0.791. The molecule has 0 bridgehead atoms. The average Bonchev–Trinajstić information content (AvgIpc) is 2.44. The first-order valence-electron chi connectivity index (χ1n) is 6.83. The van der Waals surface area contributed by atoms with Crippen LogP contribution in [0.1, 0.15) is 25.8 Å². The van der Waals surface area contributed by atoms with Gasteiger partial charge in [-0.25, -0.2) is 0 Å². The molecule has 1 aromatic carbocycles. The van der Waals surface area contributed by atoms with Gasteiger partial charge < -0.3 is 20.3 Å². The monoisotopic (exact) mass is 345 g/mol. The van der Waals surface area contributed by atoms with Crippen LogP contribution in [-0.4, -0.2) is 41.6 Å². The molecule has 0 aliphatic heterocycles. The summed E-state index contributed by atoms with van der Waals surface area (Å²) in [6.07, 6.45) is 0.168. The molecule has 3 N–H and O–H groups in total. The number of benzene rings is 1. The quantitative estimate of drug-likeness (QED) is 0.676. The molecule has 20 heavy (non-hydrogen) atoms. The summed E-state index contributed by atoms with van der Waals surface area (Å²) in [4.78, 5) is 0. The lowest BCUT2D eigenvalue weighted by Gasteiger charge is -2.28. The van der Waals surface area contributed by atoms with E-state index in [1.54, 1.807) is 0 Å². The molecule has 0 aliphatic rings. The highest BCUT2D eigenvalue weighted by molar-refractivity contribution is 9.10. The highest BCUT2D eigenvalue weighted by Gasteiger charge is 2.21. The first-order chi connectivity index (χ1) is 9.40. The third-order valence-electron chi connectivity index (χ3n) is 3.41. The van der Waals surface area contributed by atoms with Crippen molar-refractivity contribution in [3.8, 4) is 5.75 Å². The Morgan fingerprint density at radius 3 is 2.70 bits per heavy atom. The Bertz CT molecular complexity index is 422. The largest absolute Gasteiger partial charge is 0.490 e. The van der Waals surface area contributed by atoms with E-state index >= 15 is 0 Å². The maximum atomic E-state index is 9.93. The second-order valence-electron chi connectivity index (χ2n) is 5.35. The lowest BCUT2D eigenvalue weighted by atomic mass is 10.0. The van der Waals surface area contributed by atoms with Crippen LogP contribution >= 0.6 is 15.9 Å². The van der Waals surface area contributed by atoms with Crippen molar-refractivity contribution in [2.24, 2.45) is 0 Å². The smallest absolute Gasteiger partial charge is 0.133 e. The summed E-state index contributed by atoms with van der Waals surface area (Å²) < 4.78 is 6.47. The van der Waals surface area contributed by atoms with Crippen LogP contribution in [0.2, 0.25) is 0 Å². The van der Waals surface area contributed by atoms with Gasteiger partial charge in [0.05, 0.1) is 11.1 Å². The van der Waals surface area contributed by atoms with Crippen molar-refractivity contribution >= 4 is 15.9 Å². The summed E-state index contributed by atoms with van der Waals surface area (Å²) in [6, 6.07) is 5.81. The Hall–Kier alpha value is -0.620. The van der Waals surface area contributed by atoms with Gasteiger partial charge >= 0.3 is 0 Å². The van der Waals surface area contributed by atoms with Crippen molar-refractivity contribution in [2.45, 2.75) is 38.8 Å². The molecule has 0 heterocycles. The minimum Gasteiger partial charge on any atom is -0.490 e. The number of aliphatic hydroxyl groups is 2. The topological polar surface area (TPSA) is 61.7 Å². The van der Waals surface area contributed by atoms with Gasteiger partial charge in [0.25, 0.3) is 0 Å². The lowest BCUT2D eigenvalue weighted by molar-refractivity contribution is 0.0863. The van der Waals surface area contributed by atoms with E-state index in [-0.39, 0.29) is 18.8 Å². The van der Waals surface area contributed by atoms with Crippen LogP contribution in [0.5, 0.6) is 5.75 Å². The predicted octanol–water partition coefficient (Wildman–Crippen LogP) is 2.25. The normalized spacial score (nSPS) is 15.7. The van der Waals surface area contributed by atoms with E-state index < -0.39 is 6.10 Å². The molecule has 4 nitrogen and oxygen atoms in total. The molecule has 5 heteroatoms. The van der Waals surface area contributed by atoms with Crippen LogP contribution < -0.4 is 10.1 Å². The Morgan fingerprint density at radius 1 is 1.45 bits per heavy atom. The highest BCUT2D eigenvalue weighted by Crippen LogP contribution is 2.25. The number of aryl methyl sites for hydroxylation is 1. The molecule has 114 valence electrons. The molecule has 0 saturated carbocycles. The van der Waals surface area contributed by atoms with Crippen LogP contribution in [0.25, 0.3) is 0 Å². The van der Waals surface area contributed by atoms with Crippen molar-refractivity contribution in [1.82, 2.24) is 5.32 Å². The van der Waals surface area contributed by atoms with Crippen molar-refractivity contribution in [1.29, 1.82) is 0 Å². The number of rotatable bonds is 8. The van der Waals surface area contributed by atoms with E-state index in [4.69, 9.17) is 4.74 Å². The number of halogens is 1. The van der Waals surface area contributed by atoms with E-state index in [0.29, 0.717) is 6.54 Å². The molecule has 0 amide bonds. The van der Waals surface area contributed by atoms with Crippen molar-refractivity contribution in [2.75, 3.05) is 19.8 Å². The number of β-amino-alcohol motifs (C(OH)–C–C–N with tert-alkyl or cyclic N) is 1. The molecule has 0 aromatic heterocycles. The zero-order valence-corrected chi connectivity index (χ0v) is 13.9. The summed E-state index contributed by atoms with van der Waals surface area (Å²) in [5, 5.41) is 22.4. The molecule has 2 unspecified atom stereocenters. The molecular formula is C15H24BrNO3. The van der Waals surface area contributed by atoms with E-state index in [0.717, 1.165) is 22.2 Å². The highest BCUT2D eigenvalue weighted by atomic mass is 79.9. The molecule has 0 aliphatic carbocycles. The Kier molecular flexibility index (Phi) is 6.95. The van der Waals surface area contributed by atoms with Crippen LogP contribution in [0.15, 0.2) is 22.7 Å². The molecule has 0 fully saturated rings. The number of hydrogen-bond donors (Lipinski definition) is 3. The first kappa shape index (κ1) is 17.4. The summed E-state index contributed by atoms with van der Waals surface area (Å²) in [6.45, 7) is 6.56. The maximum absolute atomic E-state index is 9.93. The third-order valence-corrected chi connectivity index (χ3v) is 4.03. The van der Waals surface area contributed by atoms with Gasteiger partial charge in [0.15, 0.2) is 0 Å². The zero-order chi connectivity index (χ0) is 15.2. The van der Waals surface area contributed by atoms with Crippen molar-refractivity contribution in [3.05, 3.63) is 28.2 Å². The number of nitrogens with one attached hydrogen (secondary N) is 1. The minimum atomic E-state index is -0.624. The van der Waals surface area contributed by atoms with Crippen molar-refractivity contribution < 1.29 is 14.9 Å². The molecule has 0 spiro atoms. The minimum absolute atomic E-state index is 0.0422. The Balaban J connectivity index is 2.41. The number of hydrogen-bond acceptors (Lipinski definition) is 4. The summed E-state index contributed by atoms with van der Waals surface area (Å²) >= 11 is 3.44. The molecule has 1 aromatic rings. The fourth-order valence-electron chi connectivity index (χ4n) is 1.62. The summed E-state index contributed by atoms with van der Waals surface area (Å²) in [7, 11) is 0. The molecule has 2 atom stereocenters. The van der Waals surface area contributed by atoms with Crippen LogP contribution in [0.4, 0.5) is 0 Å². The van der Waals surface area contributed by atoms with Crippen molar-refractivity contribution in [3.63, 3.8) is 0 Å². The standard InChI is InChI=1S/C15H24BrNO3/c1-4-15(3,10-18)17-8-12(19)9-20-14-6-5-11(2)7-13(14)16/h5-7,12,17-19H,4,8-10H2,1-3H3. The summed E-state index contributed by atoms with van der Waals surface area (Å²) in [5.74, 6) is 0.718. The van der Waals surface area contributed by atoms with E-state index in [1.165, 1.54) is 0 Å². The van der Waals surface area contributed by atoms with Crippen LogP contribution in [0, 0.1) is 6.92 Å². The fourth-order valence-corrected chi connectivity index (χ4v) is 2.23. The molecule has 1 rings (SSSR count). The molecule has 0 saturated heterocycles. The number of ether oxygens (including phenoxy) is 1. The maximum Gasteiger partial charge on any atom is 0.133 e. The van der Waals surface area contributed by atoms with Crippen LogP contribution in [0.3, 0.4) is 0 Å². The van der Waals surface area contributed by atoms with Gasteiger partial charge in [-0.15, -0.1) is 0 Å². The third kappa shape index (κ3) is 5.40. The Morgan fingerprint density at radius 2 is 2.15 bits per heavy atom. The lowest BCUT2D eigenvalue weighted by Crippen LogP contribution is -2.49. The van der Waals surface area contributed by atoms with E-state index in [9.17, 15) is 10.2 Å². The average molecular weight is 346 g/mol. The van der Waals surface area contributed by atoms with Gasteiger partial charge in [0, 0.05) is 12.1 Å². The second-order valence-corrected chi connectivity index (χ2v) is 6.21. The molecule has 0 radical (unpaired) electrons. The second kappa shape index (κ2) is 7.98. The van der Waals surface area contributed by atoms with E-state index in [2.05, 4.69) is 21.2 Å². The SMILES string of the molecule is CCC(C)(CO)NCC(O)COc1ccc(C)cc1Br. The van der Waals surface area contributed by atoms with Gasteiger partial charge in [-0.2, -0.15) is 0 Å². The fraction of sp³-hybridized carbons (Fsp3) is 0.600. The van der Waals surface area contributed by atoms with Gasteiger partial charge in [-0.05, 0) is 53.9 Å². The Labute approximate surface area is 129 Å². The van der Waals surface area contributed by atoms with Gasteiger partial charge in [-0.3, -0.25) is 0 Å². The predicted molar refractivity (Wildman–Crippen MR) is 84.2 cm³/mol. The van der Waals surface area contributed by atoms with Crippen LogP contribution in [-0.2, 0) is 0 Å². The number of aliphatic hydroxyl groups excluding tert-OH is 2. The zero-order valence-electron chi connectivity index (χ0n) is 12.3. The van der Waals surface area contributed by atoms with Gasteiger partial charge in [-0.1, -0.05) is 13.0 Å². The molecular weight excluding hydrogens is 322 g/mol. The first-order valence-corrected chi connectivity index (χ1v) is 7.62. The van der Waals surface area contributed by atoms with E-state index in [1.807, 2.05) is 39.0 Å². The van der Waals surface area contributed by atoms with Gasteiger partial charge in [0.2, 0.25) is 0 Å². The van der Waals surface area contributed by atoms with Gasteiger partial charge in [0.1, 0.15) is 18.5 Å².